The normalized spacial score (nSPS) is 13.9. The van der Waals surface area contributed by atoms with Crippen molar-refractivity contribution in [2.24, 2.45) is 0 Å². The minimum atomic E-state index is -1.82. The van der Waals surface area contributed by atoms with Crippen molar-refractivity contribution in [3.63, 3.8) is 0 Å². The van der Waals surface area contributed by atoms with E-state index in [1.807, 2.05) is 0 Å². The molecule has 3 atom stereocenters. The molecule has 0 aliphatic heterocycles. The molecule has 142 valence electrons. The molecule has 0 aliphatic carbocycles. The number of rotatable bonds is 6. The molecule has 13 nitrogen and oxygen atoms in total. The zero-order valence-electron chi connectivity index (χ0n) is 13.6. The SMILES string of the molecule is CC(C(C)N(C(=O)O)C(=O)O)N(CC(C)N(C(=O)O)C(=O)O)C(=O)O. The lowest BCUT2D eigenvalue weighted by molar-refractivity contribution is 0.0593. The molecule has 0 bridgehead atoms. The molecular weight excluding hydrogens is 346 g/mol. The van der Waals surface area contributed by atoms with Gasteiger partial charge in [0.1, 0.15) is 0 Å². The third-order valence-electron chi connectivity index (χ3n) is 3.57. The van der Waals surface area contributed by atoms with Gasteiger partial charge in [-0.05, 0) is 20.8 Å². The second kappa shape index (κ2) is 8.56. The van der Waals surface area contributed by atoms with Crippen LogP contribution < -0.4 is 0 Å². The van der Waals surface area contributed by atoms with Crippen molar-refractivity contribution in [1.82, 2.24) is 14.7 Å². The molecule has 0 fully saturated rings. The molecule has 0 saturated heterocycles. The second-order valence-corrected chi connectivity index (χ2v) is 5.14. The molecule has 5 N–H and O–H groups in total. The van der Waals surface area contributed by atoms with Gasteiger partial charge in [0.15, 0.2) is 0 Å². The summed E-state index contributed by atoms with van der Waals surface area (Å²) < 4.78 is 0. The van der Waals surface area contributed by atoms with Crippen molar-refractivity contribution in [1.29, 1.82) is 0 Å². The van der Waals surface area contributed by atoms with Crippen LogP contribution in [0.4, 0.5) is 24.0 Å². The average Bonchev–Trinajstić information content (AvgIpc) is 2.41. The highest BCUT2D eigenvalue weighted by Gasteiger charge is 2.37. The number of hydrogen-bond acceptors (Lipinski definition) is 5. The summed E-state index contributed by atoms with van der Waals surface area (Å²) in [7, 11) is 0. The number of hydrogen-bond donors (Lipinski definition) is 5. The van der Waals surface area contributed by atoms with Crippen LogP contribution in [0.5, 0.6) is 0 Å². The first-order valence-electron chi connectivity index (χ1n) is 6.82. The Kier molecular flexibility index (Phi) is 7.45. The first kappa shape index (κ1) is 21.8. The highest BCUT2D eigenvalue weighted by atomic mass is 16.4. The van der Waals surface area contributed by atoms with Gasteiger partial charge in [-0.15, -0.1) is 0 Å². The molecule has 13 heteroatoms. The van der Waals surface area contributed by atoms with Crippen molar-refractivity contribution >= 4 is 30.5 Å². The fourth-order valence-corrected chi connectivity index (χ4v) is 2.15. The maximum absolute atomic E-state index is 11.4. The van der Waals surface area contributed by atoms with Crippen LogP contribution in [0.3, 0.4) is 0 Å². The summed E-state index contributed by atoms with van der Waals surface area (Å²) in [5.41, 5.74) is 0. The molecule has 25 heavy (non-hydrogen) atoms. The summed E-state index contributed by atoms with van der Waals surface area (Å²) in [6.45, 7) is 2.89. The Balaban J connectivity index is 5.51. The fraction of sp³-hybridized carbons (Fsp3) is 0.583. The molecule has 0 heterocycles. The highest BCUT2D eigenvalue weighted by molar-refractivity contribution is 5.86. The van der Waals surface area contributed by atoms with Gasteiger partial charge >= 0.3 is 30.5 Å². The van der Waals surface area contributed by atoms with Crippen molar-refractivity contribution < 1.29 is 49.5 Å². The van der Waals surface area contributed by atoms with Crippen LogP contribution in [-0.4, -0.2) is 95.4 Å². The Labute approximate surface area is 141 Å². The van der Waals surface area contributed by atoms with Crippen LogP contribution in [0.1, 0.15) is 20.8 Å². The lowest BCUT2D eigenvalue weighted by atomic mass is 10.1. The van der Waals surface area contributed by atoms with Crippen molar-refractivity contribution in [3.05, 3.63) is 0 Å². The van der Waals surface area contributed by atoms with E-state index in [-0.39, 0.29) is 9.80 Å². The minimum absolute atomic E-state index is 0.00255. The Bertz CT molecular complexity index is 537. The van der Waals surface area contributed by atoms with Gasteiger partial charge < -0.3 is 30.4 Å². The summed E-state index contributed by atoms with van der Waals surface area (Å²) >= 11 is 0. The van der Waals surface area contributed by atoms with Gasteiger partial charge in [0.2, 0.25) is 0 Å². The van der Waals surface area contributed by atoms with E-state index in [9.17, 15) is 29.1 Å². The van der Waals surface area contributed by atoms with Crippen LogP contribution in [0.15, 0.2) is 0 Å². The first-order valence-corrected chi connectivity index (χ1v) is 6.82. The fourth-order valence-electron chi connectivity index (χ4n) is 2.15. The van der Waals surface area contributed by atoms with Crippen LogP contribution in [0, 0.1) is 0 Å². The largest absolute Gasteiger partial charge is 0.465 e. The highest BCUT2D eigenvalue weighted by Crippen LogP contribution is 2.15. The minimum Gasteiger partial charge on any atom is -0.465 e. The maximum Gasteiger partial charge on any atom is 0.417 e. The maximum atomic E-state index is 11.4. The van der Waals surface area contributed by atoms with E-state index < -0.39 is 55.1 Å². The van der Waals surface area contributed by atoms with Gasteiger partial charge in [0.25, 0.3) is 0 Å². The molecule has 0 rings (SSSR count). The first-order chi connectivity index (χ1) is 11.3. The van der Waals surface area contributed by atoms with E-state index in [0.717, 1.165) is 13.8 Å². The van der Waals surface area contributed by atoms with Gasteiger partial charge in [0.05, 0.1) is 18.1 Å². The number of carboxylic acid groups (broad SMARTS) is 5. The van der Waals surface area contributed by atoms with E-state index >= 15 is 0 Å². The molecule has 3 unspecified atom stereocenters. The average molecular weight is 365 g/mol. The predicted octanol–water partition coefficient (Wildman–Crippen LogP) is 1.45. The number of imide groups is 2. The van der Waals surface area contributed by atoms with E-state index in [4.69, 9.17) is 20.4 Å². The summed E-state index contributed by atoms with van der Waals surface area (Å²) in [5, 5.41) is 44.8. The molecule has 0 aromatic rings. The summed E-state index contributed by atoms with van der Waals surface area (Å²) in [5.74, 6) is 0. The summed E-state index contributed by atoms with van der Waals surface area (Å²) in [6, 6.07) is -3.86. The topological polar surface area (TPSA) is 196 Å². The Morgan fingerprint density at radius 1 is 0.640 bits per heavy atom. The third kappa shape index (κ3) is 5.40. The quantitative estimate of drug-likeness (QED) is 0.459. The van der Waals surface area contributed by atoms with E-state index in [2.05, 4.69) is 0 Å². The van der Waals surface area contributed by atoms with Gasteiger partial charge in [0, 0.05) is 6.54 Å². The molecule has 0 aromatic carbocycles. The second-order valence-electron chi connectivity index (χ2n) is 5.14. The van der Waals surface area contributed by atoms with Gasteiger partial charge in [-0.2, -0.15) is 0 Å². The zero-order chi connectivity index (χ0) is 20.1. The molecule has 0 radical (unpaired) electrons. The summed E-state index contributed by atoms with van der Waals surface area (Å²) in [4.78, 5) is 55.9. The number of carbonyl (C=O) groups is 5. The van der Waals surface area contributed by atoms with Crippen LogP contribution >= 0.6 is 0 Å². The van der Waals surface area contributed by atoms with E-state index in [0.29, 0.717) is 4.90 Å². The molecular formula is C12H19N3O10. The Morgan fingerprint density at radius 2 is 1.00 bits per heavy atom. The summed E-state index contributed by atoms with van der Waals surface area (Å²) in [6.07, 6.45) is -8.86. The van der Waals surface area contributed by atoms with Gasteiger partial charge in [-0.3, -0.25) is 0 Å². The van der Waals surface area contributed by atoms with Crippen molar-refractivity contribution in [3.8, 4) is 0 Å². The van der Waals surface area contributed by atoms with Crippen LogP contribution in [-0.2, 0) is 0 Å². The van der Waals surface area contributed by atoms with Gasteiger partial charge in [-0.25, -0.2) is 33.8 Å². The molecule has 0 aliphatic rings. The predicted molar refractivity (Wildman–Crippen MR) is 78.9 cm³/mol. The lowest BCUT2D eigenvalue weighted by Gasteiger charge is -2.36. The lowest BCUT2D eigenvalue weighted by Crippen LogP contribution is -2.57. The van der Waals surface area contributed by atoms with Gasteiger partial charge in [-0.1, -0.05) is 0 Å². The van der Waals surface area contributed by atoms with Crippen LogP contribution in [0.2, 0.25) is 0 Å². The molecule has 5 amide bonds. The number of nitrogens with zero attached hydrogens (tertiary/aromatic N) is 3. The van der Waals surface area contributed by atoms with E-state index in [1.165, 1.54) is 6.92 Å². The zero-order valence-corrected chi connectivity index (χ0v) is 13.6. The van der Waals surface area contributed by atoms with Crippen molar-refractivity contribution in [2.45, 2.75) is 38.9 Å². The van der Waals surface area contributed by atoms with Crippen molar-refractivity contribution in [2.75, 3.05) is 6.54 Å². The smallest absolute Gasteiger partial charge is 0.417 e. The Hall–Kier alpha value is -3.25. The monoisotopic (exact) mass is 365 g/mol. The number of amides is 5. The van der Waals surface area contributed by atoms with Crippen LogP contribution in [0.25, 0.3) is 0 Å². The Morgan fingerprint density at radius 3 is 1.28 bits per heavy atom. The molecule has 0 saturated carbocycles. The molecule has 0 spiro atoms. The molecule has 0 aromatic heterocycles. The standard InChI is InChI=1S/C12H19N3O10/c1-5(14(9(18)19)10(20)21)4-13(8(16)17)6(2)7(3)15(11(22)23)12(24)25/h5-7H,4H2,1-3H3,(H,16,17)(H,18,19)(H,20,21)(H,22,23)(H,24,25). The van der Waals surface area contributed by atoms with E-state index in [1.54, 1.807) is 0 Å². The third-order valence-corrected chi connectivity index (χ3v) is 3.57.